The second-order valence-corrected chi connectivity index (χ2v) is 5.80. The summed E-state index contributed by atoms with van der Waals surface area (Å²) >= 11 is 0. The molecule has 1 fully saturated rings. The van der Waals surface area contributed by atoms with Crippen molar-refractivity contribution in [3.05, 3.63) is 24.3 Å². The Hall–Kier alpha value is -1.32. The molecule has 1 aliphatic rings. The summed E-state index contributed by atoms with van der Waals surface area (Å²) in [7, 11) is -4.09. The summed E-state index contributed by atoms with van der Waals surface area (Å²) in [5, 5.41) is 0. The van der Waals surface area contributed by atoms with Crippen LogP contribution in [0.2, 0.25) is 0 Å². The molecule has 106 valence electrons. The van der Waals surface area contributed by atoms with Crippen LogP contribution in [0.4, 0.5) is 13.2 Å². The first kappa shape index (κ1) is 14.1. The Morgan fingerprint density at radius 1 is 1.32 bits per heavy atom. The van der Waals surface area contributed by atoms with Crippen molar-refractivity contribution in [3.63, 3.8) is 0 Å². The Labute approximate surface area is 107 Å². The van der Waals surface area contributed by atoms with E-state index in [0.717, 1.165) is 12.1 Å². The van der Waals surface area contributed by atoms with Gasteiger partial charge in [0.2, 0.25) is 10.0 Å². The number of para-hydroxylation sites is 1. The van der Waals surface area contributed by atoms with Gasteiger partial charge in [-0.1, -0.05) is 12.1 Å². The quantitative estimate of drug-likeness (QED) is 0.867. The number of nitrogens with two attached hydrogens (primary N) is 1. The molecule has 0 aliphatic heterocycles. The maximum atomic E-state index is 12.2. The van der Waals surface area contributed by atoms with Crippen molar-refractivity contribution in [1.29, 1.82) is 0 Å². The summed E-state index contributed by atoms with van der Waals surface area (Å²) in [5.74, 6) is -0.767. The van der Waals surface area contributed by atoms with Crippen molar-refractivity contribution in [1.82, 2.24) is 4.72 Å². The Balaban J connectivity index is 2.28. The lowest BCUT2D eigenvalue weighted by molar-refractivity contribution is -0.275. The molecule has 0 saturated heterocycles. The van der Waals surface area contributed by atoms with Gasteiger partial charge in [0.15, 0.2) is 0 Å². The van der Waals surface area contributed by atoms with Crippen molar-refractivity contribution in [2.45, 2.75) is 29.8 Å². The van der Waals surface area contributed by atoms with Gasteiger partial charge in [-0.3, -0.25) is 0 Å². The highest BCUT2D eigenvalue weighted by atomic mass is 32.2. The van der Waals surface area contributed by atoms with Gasteiger partial charge < -0.3 is 10.5 Å². The molecular formula is C10H11F3N2O3S. The number of benzene rings is 1. The lowest BCUT2D eigenvalue weighted by atomic mass is 10.3. The Morgan fingerprint density at radius 3 is 2.42 bits per heavy atom. The first-order valence-electron chi connectivity index (χ1n) is 5.32. The van der Waals surface area contributed by atoms with E-state index in [2.05, 4.69) is 9.46 Å². The molecule has 5 nitrogen and oxygen atoms in total. The average Bonchev–Trinajstić information content (AvgIpc) is 2.91. The molecule has 0 aromatic heterocycles. The standard InChI is InChI=1S/C10H11F3N2O3S/c11-10(12,13)18-8-3-1-2-4-9(8)19(16,17)15-7-5-6(7)14/h1-4,6-7,15H,5,14H2. The molecule has 1 aromatic carbocycles. The monoisotopic (exact) mass is 296 g/mol. The zero-order valence-corrected chi connectivity index (χ0v) is 10.3. The number of ether oxygens (including phenoxy) is 1. The molecule has 1 saturated carbocycles. The molecule has 3 N–H and O–H groups in total. The summed E-state index contributed by atoms with van der Waals surface area (Å²) in [5.41, 5.74) is 5.45. The molecule has 2 unspecified atom stereocenters. The van der Waals surface area contributed by atoms with E-state index in [1.807, 2.05) is 0 Å². The van der Waals surface area contributed by atoms with Gasteiger partial charge in [0.25, 0.3) is 0 Å². The Morgan fingerprint density at radius 2 is 1.89 bits per heavy atom. The van der Waals surface area contributed by atoms with E-state index in [-0.39, 0.29) is 6.04 Å². The molecule has 0 amide bonds. The summed E-state index contributed by atoms with van der Waals surface area (Å²) in [6, 6.07) is 3.80. The minimum Gasteiger partial charge on any atom is -0.404 e. The summed E-state index contributed by atoms with van der Waals surface area (Å²) in [6.45, 7) is 0. The van der Waals surface area contributed by atoms with Crippen LogP contribution in [0.1, 0.15) is 6.42 Å². The normalized spacial score (nSPS) is 23.2. The first-order chi connectivity index (χ1) is 8.69. The van der Waals surface area contributed by atoms with Gasteiger partial charge in [-0.05, 0) is 18.6 Å². The molecule has 0 heterocycles. The topological polar surface area (TPSA) is 81.4 Å². The Bertz CT molecular complexity index is 574. The second kappa shape index (κ2) is 4.66. The van der Waals surface area contributed by atoms with Gasteiger partial charge in [0.1, 0.15) is 10.6 Å². The number of alkyl halides is 3. The van der Waals surface area contributed by atoms with Crippen molar-refractivity contribution in [3.8, 4) is 5.75 Å². The van der Waals surface area contributed by atoms with E-state index in [0.29, 0.717) is 6.42 Å². The molecule has 0 bridgehead atoms. The number of halogens is 3. The molecule has 1 aliphatic carbocycles. The Kier molecular flexibility index (Phi) is 3.45. The molecule has 9 heteroatoms. The summed E-state index contributed by atoms with van der Waals surface area (Å²) in [4.78, 5) is -0.563. The molecule has 19 heavy (non-hydrogen) atoms. The predicted molar refractivity (Wildman–Crippen MR) is 59.8 cm³/mol. The van der Waals surface area contributed by atoms with E-state index in [1.165, 1.54) is 12.1 Å². The van der Waals surface area contributed by atoms with E-state index in [1.54, 1.807) is 0 Å². The fraction of sp³-hybridized carbons (Fsp3) is 0.400. The molecule has 2 atom stereocenters. The fourth-order valence-electron chi connectivity index (χ4n) is 1.49. The third-order valence-electron chi connectivity index (χ3n) is 2.51. The average molecular weight is 296 g/mol. The lowest BCUT2D eigenvalue weighted by Gasteiger charge is -2.13. The van der Waals surface area contributed by atoms with Crippen LogP contribution in [0.15, 0.2) is 29.2 Å². The third kappa shape index (κ3) is 3.58. The minimum absolute atomic E-state index is 0.300. The second-order valence-electron chi connectivity index (χ2n) is 4.12. The van der Waals surface area contributed by atoms with Crippen LogP contribution in [0.5, 0.6) is 5.75 Å². The zero-order valence-electron chi connectivity index (χ0n) is 9.52. The van der Waals surface area contributed by atoms with Crippen LogP contribution in [-0.4, -0.2) is 26.9 Å². The zero-order chi connectivity index (χ0) is 14.3. The number of sulfonamides is 1. The van der Waals surface area contributed by atoms with Crippen LogP contribution >= 0.6 is 0 Å². The SMILES string of the molecule is NC1CC1NS(=O)(=O)c1ccccc1OC(F)(F)F. The van der Waals surface area contributed by atoms with Gasteiger partial charge in [0, 0.05) is 12.1 Å². The minimum atomic E-state index is -4.96. The van der Waals surface area contributed by atoms with E-state index >= 15 is 0 Å². The summed E-state index contributed by atoms with van der Waals surface area (Å²) < 4.78 is 66.3. The number of hydrogen-bond acceptors (Lipinski definition) is 4. The number of rotatable bonds is 4. The molecular weight excluding hydrogens is 285 g/mol. The van der Waals surface area contributed by atoms with Crippen molar-refractivity contribution in [2.75, 3.05) is 0 Å². The van der Waals surface area contributed by atoms with E-state index < -0.39 is 33.1 Å². The smallest absolute Gasteiger partial charge is 0.404 e. The predicted octanol–water partition coefficient (Wildman–Crippen LogP) is 0.963. The van der Waals surface area contributed by atoms with E-state index in [4.69, 9.17) is 5.73 Å². The largest absolute Gasteiger partial charge is 0.573 e. The maximum Gasteiger partial charge on any atom is 0.573 e. The van der Waals surface area contributed by atoms with Crippen molar-refractivity contribution >= 4 is 10.0 Å². The van der Waals surface area contributed by atoms with Gasteiger partial charge in [-0.25, -0.2) is 13.1 Å². The number of hydrogen-bond donors (Lipinski definition) is 2. The number of nitrogens with one attached hydrogen (secondary N) is 1. The van der Waals surface area contributed by atoms with Crippen LogP contribution in [0.3, 0.4) is 0 Å². The van der Waals surface area contributed by atoms with Crippen LogP contribution in [0.25, 0.3) is 0 Å². The summed E-state index contributed by atoms with van der Waals surface area (Å²) in [6.07, 6.45) is -4.50. The third-order valence-corrected chi connectivity index (χ3v) is 4.04. The van der Waals surface area contributed by atoms with Crippen LogP contribution in [0, 0.1) is 0 Å². The molecule has 2 rings (SSSR count). The van der Waals surface area contributed by atoms with Gasteiger partial charge in [-0.15, -0.1) is 13.2 Å². The van der Waals surface area contributed by atoms with Gasteiger partial charge in [-0.2, -0.15) is 0 Å². The van der Waals surface area contributed by atoms with Crippen molar-refractivity contribution < 1.29 is 26.3 Å². The van der Waals surface area contributed by atoms with Crippen LogP contribution < -0.4 is 15.2 Å². The van der Waals surface area contributed by atoms with Gasteiger partial charge in [0.05, 0.1) is 0 Å². The highest BCUT2D eigenvalue weighted by Crippen LogP contribution is 2.30. The highest BCUT2D eigenvalue weighted by Gasteiger charge is 2.39. The van der Waals surface area contributed by atoms with Gasteiger partial charge >= 0.3 is 6.36 Å². The molecule has 0 radical (unpaired) electrons. The first-order valence-corrected chi connectivity index (χ1v) is 6.80. The molecule has 1 aromatic rings. The van der Waals surface area contributed by atoms with Crippen molar-refractivity contribution in [2.24, 2.45) is 5.73 Å². The lowest BCUT2D eigenvalue weighted by Crippen LogP contribution is -2.30. The molecule has 0 spiro atoms. The fourth-order valence-corrected chi connectivity index (χ4v) is 2.92. The highest BCUT2D eigenvalue weighted by molar-refractivity contribution is 7.89. The van der Waals surface area contributed by atoms with E-state index in [9.17, 15) is 21.6 Å². The maximum absolute atomic E-state index is 12.2. The van der Waals surface area contributed by atoms with Crippen LogP contribution in [-0.2, 0) is 10.0 Å².